The van der Waals surface area contributed by atoms with Gasteiger partial charge in [0.05, 0.1) is 28.0 Å². The van der Waals surface area contributed by atoms with Crippen LogP contribution < -0.4 is 5.43 Å². The second-order valence-electron chi connectivity index (χ2n) is 7.94. The Morgan fingerprint density at radius 1 is 1.09 bits per heavy atom. The summed E-state index contributed by atoms with van der Waals surface area (Å²) in [6, 6.07) is 19.7. The Hall–Kier alpha value is -4.44. The van der Waals surface area contributed by atoms with E-state index in [9.17, 15) is 4.79 Å². The highest BCUT2D eigenvalue weighted by Crippen LogP contribution is 2.30. The van der Waals surface area contributed by atoms with Gasteiger partial charge in [-0.15, -0.1) is 16.4 Å². The van der Waals surface area contributed by atoms with Crippen LogP contribution in [-0.2, 0) is 0 Å². The number of amides is 1. The Balaban J connectivity index is 1.29. The fraction of sp³-hybridized carbons (Fsp3) is 0.0833. The van der Waals surface area contributed by atoms with Crippen LogP contribution in [0, 0.1) is 13.8 Å². The minimum absolute atomic E-state index is 0.288. The molecule has 0 unspecified atom stereocenters. The summed E-state index contributed by atoms with van der Waals surface area (Å²) < 4.78 is 3.54. The minimum Gasteiger partial charge on any atom is -0.266 e. The number of carbonyl (C=O) groups is 1. The summed E-state index contributed by atoms with van der Waals surface area (Å²) in [7, 11) is 0. The molecule has 4 aromatic heterocycles. The first-order chi connectivity index (χ1) is 16.6. The molecule has 10 heteroatoms. The fourth-order valence-electron chi connectivity index (χ4n) is 3.93. The van der Waals surface area contributed by atoms with Crippen LogP contribution in [-0.4, -0.2) is 41.9 Å². The van der Waals surface area contributed by atoms with E-state index in [1.165, 1.54) is 11.3 Å². The van der Waals surface area contributed by atoms with Crippen LogP contribution in [0.1, 0.15) is 26.5 Å². The van der Waals surface area contributed by atoms with Crippen molar-refractivity contribution in [2.45, 2.75) is 13.8 Å². The Labute approximate surface area is 197 Å². The first kappa shape index (κ1) is 20.2. The normalized spacial score (nSPS) is 11.8. The van der Waals surface area contributed by atoms with Crippen molar-refractivity contribution >= 4 is 50.2 Å². The molecule has 6 rings (SSSR count). The van der Waals surface area contributed by atoms with Gasteiger partial charge in [0.2, 0.25) is 0 Å². The minimum atomic E-state index is -0.288. The van der Waals surface area contributed by atoms with Gasteiger partial charge in [0.25, 0.3) is 5.91 Å². The molecule has 6 aromatic rings. The van der Waals surface area contributed by atoms with E-state index in [2.05, 4.69) is 31.2 Å². The zero-order chi connectivity index (χ0) is 23.2. The van der Waals surface area contributed by atoms with E-state index in [-0.39, 0.29) is 5.91 Å². The molecule has 0 radical (unpaired) electrons. The molecule has 0 bridgehead atoms. The van der Waals surface area contributed by atoms with Crippen LogP contribution >= 0.6 is 11.3 Å². The predicted molar refractivity (Wildman–Crippen MR) is 132 cm³/mol. The van der Waals surface area contributed by atoms with Gasteiger partial charge in [-0.25, -0.2) is 10.1 Å². The van der Waals surface area contributed by atoms with E-state index >= 15 is 0 Å². The number of nitrogens with one attached hydrogen (secondary N) is 1. The second-order valence-corrected chi connectivity index (χ2v) is 8.97. The lowest BCUT2D eigenvalue weighted by atomic mass is 10.1. The van der Waals surface area contributed by atoms with Gasteiger partial charge >= 0.3 is 0 Å². The number of hydrogen-bond acceptors (Lipinski definition) is 7. The number of carbonyl (C=O) groups excluding carboxylic acids is 1. The maximum Gasteiger partial charge on any atom is 0.281 e. The third-order valence-electron chi connectivity index (χ3n) is 5.59. The molecule has 0 aliphatic carbocycles. The maximum absolute atomic E-state index is 12.8. The summed E-state index contributed by atoms with van der Waals surface area (Å²) in [6.45, 7) is 3.96. The van der Waals surface area contributed by atoms with Crippen LogP contribution in [0.2, 0.25) is 0 Å². The molecule has 0 fully saturated rings. The van der Waals surface area contributed by atoms with Gasteiger partial charge in [0, 0.05) is 16.3 Å². The summed E-state index contributed by atoms with van der Waals surface area (Å²) in [5, 5.41) is 22.7. The van der Waals surface area contributed by atoms with Crippen molar-refractivity contribution < 1.29 is 4.79 Å². The number of hydrogen-bond donors (Lipinski definition) is 1. The number of aromatic nitrogens is 6. The molecule has 0 atom stereocenters. The van der Waals surface area contributed by atoms with Crippen LogP contribution in [0.5, 0.6) is 0 Å². The van der Waals surface area contributed by atoms with E-state index in [1.54, 1.807) is 10.7 Å². The first-order valence-corrected chi connectivity index (χ1v) is 11.4. The van der Waals surface area contributed by atoms with Crippen molar-refractivity contribution in [3.8, 4) is 5.69 Å². The molecule has 9 nitrogen and oxygen atoms in total. The number of para-hydroxylation sites is 1. The van der Waals surface area contributed by atoms with Gasteiger partial charge in [0.15, 0.2) is 5.65 Å². The van der Waals surface area contributed by atoms with Crippen molar-refractivity contribution in [3.63, 3.8) is 0 Å². The van der Waals surface area contributed by atoms with Crippen LogP contribution in [0.25, 0.3) is 32.5 Å². The predicted octanol–water partition coefficient (Wildman–Crippen LogP) is 4.06. The molecule has 0 aliphatic rings. The Kier molecular flexibility index (Phi) is 4.66. The number of pyridine rings is 1. The quantitative estimate of drug-likeness (QED) is 0.312. The van der Waals surface area contributed by atoms with Crippen molar-refractivity contribution in [2.75, 3.05) is 0 Å². The number of nitrogens with zero attached hydrogens (tertiary/aromatic N) is 7. The molecule has 34 heavy (non-hydrogen) atoms. The molecule has 1 N–H and O–H groups in total. The third kappa shape index (κ3) is 3.32. The number of benzene rings is 2. The molecule has 0 saturated heterocycles. The van der Waals surface area contributed by atoms with E-state index in [1.807, 2.05) is 79.2 Å². The number of fused-ring (bicyclic) bond motifs is 4. The zero-order valence-corrected chi connectivity index (χ0v) is 19.1. The van der Waals surface area contributed by atoms with Crippen molar-refractivity contribution in [2.24, 2.45) is 5.10 Å². The molecular weight excluding hydrogens is 448 g/mol. The SMILES string of the molecule is Cc1ccc2cc(/C=N/NC(=O)c3cc4c(C)nn(-c5ccccc5)c4s3)c3nnnn3c2c1. The van der Waals surface area contributed by atoms with Gasteiger partial charge in [-0.3, -0.25) is 4.79 Å². The monoisotopic (exact) mass is 466 g/mol. The molecule has 1 amide bonds. The summed E-state index contributed by atoms with van der Waals surface area (Å²) in [6.07, 6.45) is 1.56. The van der Waals surface area contributed by atoms with Crippen molar-refractivity contribution in [3.05, 3.63) is 82.4 Å². The molecule has 4 heterocycles. The molecule has 166 valence electrons. The molecular formula is C24H18N8OS. The summed E-state index contributed by atoms with van der Waals surface area (Å²) in [4.78, 5) is 14.3. The third-order valence-corrected chi connectivity index (χ3v) is 6.70. The highest BCUT2D eigenvalue weighted by atomic mass is 32.1. The standard InChI is InChI=1S/C24H18N8OS/c1-14-8-9-16-11-17(22-26-29-30-32(22)20(16)10-14)13-25-27-23(33)21-12-19-15(2)28-31(24(19)34-21)18-6-4-3-5-7-18/h3-13H,1-2H3,(H,27,33)/b25-13+. The topological polar surface area (TPSA) is 102 Å². The van der Waals surface area contributed by atoms with Gasteiger partial charge < -0.3 is 0 Å². The largest absolute Gasteiger partial charge is 0.281 e. The van der Waals surface area contributed by atoms with Crippen LogP contribution in [0.15, 0.2) is 65.8 Å². The fourth-order valence-corrected chi connectivity index (χ4v) is 5.01. The smallest absolute Gasteiger partial charge is 0.266 e. The second kappa shape index (κ2) is 7.85. The highest BCUT2D eigenvalue weighted by molar-refractivity contribution is 7.20. The highest BCUT2D eigenvalue weighted by Gasteiger charge is 2.17. The molecule has 0 spiro atoms. The van der Waals surface area contributed by atoms with E-state index in [0.29, 0.717) is 16.1 Å². The van der Waals surface area contributed by atoms with Gasteiger partial charge in [-0.05, 0) is 60.2 Å². The number of rotatable bonds is 4. The maximum atomic E-state index is 12.8. The van der Waals surface area contributed by atoms with E-state index in [4.69, 9.17) is 0 Å². The Bertz CT molecular complexity index is 1730. The number of aryl methyl sites for hydroxylation is 2. The number of tetrazole rings is 1. The number of hydrazone groups is 1. The van der Waals surface area contributed by atoms with Crippen LogP contribution in [0.3, 0.4) is 0 Å². The van der Waals surface area contributed by atoms with E-state index in [0.717, 1.165) is 38.1 Å². The average molecular weight is 467 g/mol. The summed E-state index contributed by atoms with van der Waals surface area (Å²) in [5.74, 6) is -0.288. The van der Waals surface area contributed by atoms with Crippen molar-refractivity contribution in [1.82, 2.24) is 35.2 Å². The van der Waals surface area contributed by atoms with Gasteiger partial charge in [-0.1, -0.05) is 30.3 Å². The van der Waals surface area contributed by atoms with Crippen LogP contribution in [0.4, 0.5) is 0 Å². The van der Waals surface area contributed by atoms with Gasteiger partial charge in [-0.2, -0.15) is 14.7 Å². The molecule has 2 aromatic carbocycles. The lowest BCUT2D eigenvalue weighted by Gasteiger charge is -2.04. The van der Waals surface area contributed by atoms with Gasteiger partial charge in [0.1, 0.15) is 4.83 Å². The summed E-state index contributed by atoms with van der Waals surface area (Å²) >= 11 is 1.38. The average Bonchev–Trinajstić information content (AvgIpc) is 3.57. The van der Waals surface area contributed by atoms with E-state index < -0.39 is 0 Å². The lowest BCUT2D eigenvalue weighted by Crippen LogP contribution is -2.16. The lowest BCUT2D eigenvalue weighted by molar-refractivity contribution is 0.0959. The Morgan fingerprint density at radius 2 is 1.94 bits per heavy atom. The first-order valence-electron chi connectivity index (χ1n) is 10.6. The number of thiophene rings is 1. The molecule has 0 saturated carbocycles. The molecule has 0 aliphatic heterocycles. The Morgan fingerprint density at radius 3 is 2.79 bits per heavy atom. The zero-order valence-electron chi connectivity index (χ0n) is 18.3. The summed E-state index contributed by atoms with van der Waals surface area (Å²) in [5.41, 5.74) is 7.74. The van der Waals surface area contributed by atoms with Crippen molar-refractivity contribution in [1.29, 1.82) is 0 Å².